The van der Waals surface area contributed by atoms with Crippen molar-refractivity contribution in [2.24, 2.45) is 5.92 Å². The van der Waals surface area contributed by atoms with E-state index in [1.165, 1.54) is 11.3 Å². The van der Waals surface area contributed by atoms with Crippen LogP contribution < -0.4 is 5.32 Å². The molecule has 1 aromatic heterocycles. The molecule has 1 aliphatic carbocycles. The van der Waals surface area contributed by atoms with E-state index in [0.717, 1.165) is 35.1 Å². The third-order valence-electron chi connectivity index (χ3n) is 5.68. The molecule has 0 radical (unpaired) electrons. The number of esters is 1. The Bertz CT molecular complexity index is 975. The molecule has 7 nitrogen and oxygen atoms in total. The van der Waals surface area contributed by atoms with Gasteiger partial charge in [-0.15, -0.1) is 0 Å². The highest BCUT2D eigenvalue weighted by Gasteiger charge is 2.44. The second-order valence-electron chi connectivity index (χ2n) is 8.31. The molecule has 7 heteroatoms. The SMILES string of the molecule is CC1CCc2[nH]c3c(C(=O)OCCN4C(=O)NC(C)(C)C4=O)cccc3c2C1. The summed E-state index contributed by atoms with van der Waals surface area (Å²) in [7, 11) is 0. The minimum atomic E-state index is -0.923. The number of nitrogens with zero attached hydrogens (tertiary/aromatic N) is 1. The molecular formula is C21H25N3O4. The lowest BCUT2D eigenvalue weighted by Gasteiger charge is -2.17. The Balaban J connectivity index is 1.48. The van der Waals surface area contributed by atoms with Gasteiger partial charge in [0.1, 0.15) is 12.1 Å². The van der Waals surface area contributed by atoms with Crippen LogP contribution in [-0.4, -0.2) is 46.5 Å². The van der Waals surface area contributed by atoms with Crippen molar-refractivity contribution in [2.45, 2.75) is 45.6 Å². The summed E-state index contributed by atoms with van der Waals surface area (Å²) in [5.74, 6) is -0.138. The van der Waals surface area contributed by atoms with Gasteiger partial charge in [0, 0.05) is 11.1 Å². The number of ether oxygens (including phenoxy) is 1. The fourth-order valence-electron chi connectivity index (χ4n) is 4.11. The first kappa shape index (κ1) is 18.5. The number of aryl methyl sites for hydroxylation is 1. The van der Waals surface area contributed by atoms with Crippen molar-refractivity contribution in [3.63, 3.8) is 0 Å². The number of H-pyrrole nitrogens is 1. The van der Waals surface area contributed by atoms with Gasteiger partial charge in [-0.1, -0.05) is 19.1 Å². The molecule has 2 aliphatic rings. The lowest BCUT2D eigenvalue weighted by atomic mass is 9.87. The molecular weight excluding hydrogens is 358 g/mol. The van der Waals surface area contributed by atoms with E-state index in [1.54, 1.807) is 19.9 Å². The molecule has 4 rings (SSSR count). The fraction of sp³-hybridized carbons (Fsp3) is 0.476. The third-order valence-corrected chi connectivity index (χ3v) is 5.68. The minimum Gasteiger partial charge on any atom is -0.460 e. The lowest BCUT2D eigenvalue weighted by Crippen LogP contribution is -2.40. The van der Waals surface area contributed by atoms with Gasteiger partial charge in [0.2, 0.25) is 0 Å². The molecule has 1 atom stereocenters. The Labute approximate surface area is 163 Å². The molecule has 1 saturated heterocycles. The van der Waals surface area contributed by atoms with Crippen LogP contribution in [0.1, 0.15) is 48.8 Å². The quantitative estimate of drug-likeness (QED) is 0.627. The van der Waals surface area contributed by atoms with Gasteiger partial charge < -0.3 is 15.0 Å². The predicted molar refractivity (Wildman–Crippen MR) is 104 cm³/mol. The second kappa shape index (κ2) is 6.65. The number of carbonyl (C=O) groups is 3. The van der Waals surface area contributed by atoms with Crippen LogP contribution >= 0.6 is 0 Å². The number of nitrogens with one attached hydrogen (secondary N) is 2. The third kappa shape index (κ3) is 3.04. The summed E-state index contributed by atoms with van der Waals surface area (Å²) >= 11 is 0. The van der Waals surface area contributed by atoms with E-state index in [9.17, 15) is 14.4 Å². The van der Waals surface area contributed by atoms with E-state index < -0.39 is 17.5 Å². The molecule has 1 aliphatic heterocycles. The summed E-state index contributed by atoms with van der Waals surface area (Å²) in [5, 5.41) is 3.69. The maximum Gasteiger partial charge on any atom is 0.340 e. The topological polar surface area (TPSA) is 91.5 Å². The highest BCUT2D eigenvalue weighted by molar-refractivity contribution is 6.06. The zero-order valence-corrected chi connectivity index (χ0v) is 16.4. The number of para-hydroxylation sites is 1. The summed E-state index contributed by atoms with van der Waals surface area (Å²) in [6.45, 7) is 5.54. The molecule has 0 spiro atoms. The first-order valence-electron chi connectivity index (χ1n) is 9.71. The normalized spacial score (nSPS) is 21.0. The summed E-state index contributed by atoms with van der Waals surface area (Å²) in [4.78, 5) is 41.3. The average Bonchev–Trinajstić information content (AvgIpc) is 3.10. The summed E-state index contributed by atoms with van der Waals surface area (Å²) < 4.78 is 5.38. The second-order valence-corrected chi connectivity index (χ2v) is 8.31. The standard InChI is InChI=1S/C21H25N3O4/c1-12-7-8-16-15(11-12)13-5-4-6-14(17(13)22-16)18(25)28-10-9-24-19(26)21(2,3)23-20(24)27/h4-6,12,22H,7-11H2,1-3H3,(H,23,27). The predicted octanol–water partition coefficient (Wildman–Crippen LogP) is 2.78. The number of carbonyl (C=O) groups excluding carboxylic acids is 3. The van der Waals surface area contributed by atoms with Crippen molar-refractivity contribution < 1.29 is 19.1 Å². The molecule has 2 aromatic rings. The summed E-state index contributed by atoms with van der Waals surface area (Å²) in [6, 6.07) is 5.19. The molecule has 2 N–H and O–H groups in total. The zero-order valence-electron chi connectivity index (χ0n) is 16.4. The first-order valence-corrected chi connectivity index (χ1v) is 9.71. The molecule has 0 saturated carbocycles. The van der Waals surface area contributed by atoms with E-state index in [1.807, 2.05) is 12.1 Å². The van der Waals surface area contributed by atoms with E-state index in [2.05, 4.69) is 17.2 Å². The smallest absolute Gasteiger partial charge is 0.340 e. The molecule has 28 heavy (non-hydrogen) atoms. The molecule has 2 heterocycles. The fourth-order valence-corrected chi connectivity index (χ4v) is 4.11. The van der Waals surface area contributed by atoms with Crippen LogP contribution in [0.3, 0.4) is 0 Å². The van der Waals surface area contributed by atoms with Crippen molar-refractivity contribution >= 4 is 28.8 Å². The van der Waals surface area contributed by atoms with Crippen LogP contribution in [0.2, 0.25) is 0 Å². The number of aromatic nitrogens is 1. The van der Waals surface area contributed by atoms with Crippen LogP contribution in [0.5, 0.6) is 0 Å². The van der Waals surface area contributed by atoms with Gasteiger partial charge in [-0.3, -0.25) is 9.69 Å². The van der Waals surface area contributed by atoms with Crippen LogP contribution in [0.25, 0.3) is 10.9 Å². The Morgan fingerprint density at radius 1 is 1.32 bits per heavy atom. The Morgan fingerprint density at radius 2 is 2.11 bits per heavy atom. The van der Waals surface area contributed by atoms with E-state index in [4.69, 9.17) is 4.74 Å². The lowest BCUT2D eigenvalue weighted by molar-refractivity contribution is -0.130. The van der Waals surface area contributed by atoms with Crippen molar-refractivity contribution in [2.75, 3.05) is 13.2 Å². The van der Waals surface area contributed by atoms with Gasteiger partial charge in [-0.2, -0.15) is 0 Å². The monoisotopic (exact) mass is 383 g/mol. The Kier molecular flexibility index (Phi) is 4.40. The number of imide groups is 1. The van der Waals surface area contributed by atoms with Crippen LogP contribution in [-0.2, 0) is 22.4 Å². The number of urea groups is 1. The van der Waals surface area contributed by atoms with Crippen molar-refractivity contribution in [3.05, 3.63) is 35.0 Å². The average molecular weight is 383 g/mol. The number of fused-ring (bicyclic) bond motifs is 3. The van der Waals surface area contributed by atoms with Crippen molar-refractivity contribution in [1.82, 2.24) is 15.2 Å². The summed E-state index contributed by atoms with van der Waals surface area (Å²) in [6.07, 6.45) is 3.14. The van der Waals surface area contributed by atoms with Gasteiger partial charge in [0.15, 0.2) is 0 Å². The summed E-state index contributed by atoms with van der Waals surface area (Å²) in [5.41, 5.74) is 2.87. The van der Waals surface area contributed by atoms with E-state index >= 15 is 0 Å². The highest BCUT2D eigenvalue weighted by Crippen LogP contribution is 2.33. The molecule has 1 fully saturated rings. The molecule has 148 valence electrons. The Hall–Kier alpha value is -2.83. The van der Waals surface area contributed by atoms with Gasteiger partial charge in [-0.05, 0) is 50.7 Å². The molecule has 3 amide bonds. The van der Waals surface area contributed by atoms with Crippen LogP contribution in [0.4, 0.5) is 4.79 Å². The zero-order chi connectivity index (χ0) is 20.1. The van der Waals surface area contributed by atoms with Crippen molar-refractivity contribution in [1.29, 1.82) is 0 Å². The maximum absolute atomic E-state index is 12.7. The van der Waals surface area contributed by atoms with Crippen LogP contribution in [0, 0.1) is 5.92 Å². The van der Waals surface area contributed by atoms with Gasteiger partial charge in [0.25, 0.3) is 5.91 Å². The van der Waals surface area contributed by atoms with E-state index in [0.29, 0.717) is 11.5 Å². The number of hydrogen-bond acceptors (Lipinski definition) is 4. The molecule has 0 bridgehead atoms. The molecule has 1 aromatic carbocycles. The number of hydrogen-bond donors (Lipinski definition) is 2. The molecule has 1 unspecified atom stereocenters. The highest BCUT2D eigenvalue weighted by atomic mass is 16.5. The number of benzene rings is 1. The van der Waals surface area contributed by atoms with E-state index in [-0.39, 0.29) is 19.1 Å². The Morgan fingerprint density at radius 3 is 2.82 bits per heavy atom. The van der Waals surface area contributed by atoms with Crippen LogP contribution in [0.15, 0.2) is 18.2 Å². The van der Waals surface area contributed by atoms with Gasteiger partial charge >= 0.3 is 12.0 Å². The van der Waals surface area contributed by atoms with Crippen molar-refractivity contribution in [3.8, 4) is 0 Å². The van der Waals surface area contributed by atoms with Gasteiger partial charge in [0.05, 0.1) is 17.6 Å². The number of amides is 3. The maximum atomic E-state index is 12.7. The number of rotatable bonds is 4. The minimum absolute atomic E-state index is 0.0363. The van der Waals surface area contributed by atoms with Gasteiger partial charge in [-0.25, -0.2) is 9.59 Å². The largest absolute Gasteiger partial charge is 0.460 e. The first-order chi connectivity index (χ1) is 13.3. The number of aromatic amines is 1.